The fourth-order valence-electron chi connectivity index (χ4n) is 3.58. The Labute approximate surface area is 158 Å². The summed E-state index contributed by atoms with van der Waals surface area (Å²) in [6, 6.07) is 9.11. The van der Waals surface area contributed by atoms with Crippen molar-refractivity contribution in [2.24, 2.45) is 4.99 Å². The van der Waals surface area contributed by atoms with Crippen LogP contribution in [0.25, 0.3) is 0 Å². The van der Waals surface area contributed by atoms with E-state index in [1.165, 1.54) is 10.8 Å². The van der Waals surface area contributed by atoms with Gasteiger partial charge < -0.3 is 9.84 Å². The van der Waals surface area contributed by atoms with E-state index < -0.39 is 5.56 Å². The van der Waals surface area contributed by atoms with Crippen molar-refractivity contribution in [1.29, 1.82) is 5.26 Å². The lowest BCUT2D eigenvalue weighted by molar-refractivity contribution is 0.303. The maximum absolute atomic E-state index is 12.8. The monoisotopic (exact) mass is 365 g/mol. The molecular weight excluding hydrogens is 342 g/mol. The van der Waals surface area contributed by atoms with Gasteiger partial charge in [0.05, 0.1) is 18.4 Å². The molecule has 1 aromatic carbocycles. The molecule has 1 aliphatic rings. The van der Waals surface area contributed by atoms with E-state index in [9.17, 15) is 15.2 Å². The summed E-state index contributed by atoms with van der Waals surface area (Å²) in [6.45, 7) is 1.67. The lowest BCUT2D eigenvalue weighted by Crippen LogP contribution is -2.30. The number of aliphatic imine (C=N–C) groups is 1. The van der Waals surface area contributed by atoms with E-state index >= 15 is 0 Å². The van der Waals surface area contributed by atoms with E-state index in [0.29, 0.717) is 16.8 Å². The van der Waals surface area contributed by atoms with Crippen LogP contribution < -0.4 is 10.3 Å². The topological polar surface area (TPSA) is 87.6 Å². The molecule has 0 bridgehead atoms. The Morgan fingerprint density at radius 1 is 1.26 bits per heavy atom. The van der Waals surface area contributed by atoms with Crippen LogP contribution in [0.4, 0.5) is 5.69 Å². The van der Waals surface area contributed by atoms with Crippen LogP contribution in [0.5, 0.6) is 11.6 Å². The molecule has 1 aromatic heterocycles. The molecule has 1 saturated carbocycles. The van der Waals surface area contributed by atoms with Crippen molar-refractivity contribution in [2.45, 2.75) is 45.1 Å². The van der Waals surface area contributed by atoms with Gasteiger partial charge in [-0.25, -0.2) is 0 Å². The molecule has 0 radical (unpaired) electrons. The molecule has 1 N–H and O–H groups in total. The lowest BCUT2D eigenvalue weighted by atomic mass is 9.94. The van der Waals surface area contributed by atoms with Crippen LogP contribution >= 0.6 is 0 Å². The number of hydrogen-bond donors (Lipinski definition) is 1. The number of aromatic nitrogens is 1. The largest absolute Gasteiger partial charge is 0.497 e. The van der Waals surface area contributed by atoms with Crippen LogP contribution in [0.2, 0.25) is 0 Å². The molecule has 1 heterocycles. The van der Waals surface area contributed by atoms with Crippen molar-refractivity contribution < 1.29 is 9.84 Å². The Bertz CT molecular complexity index is 947. The van der Waals surface area contributed by atoms with Gasteiger partial charge in [-0.1, -0.05) is 19.3 Å². The standard InChI is InChI=1S/C21H23N3O3/c1-14-18(12-22)20(25)24(16-6-4-3-5-7-16)21(26)19(14)13-23-15-8-10-17(27-2)11-9-15/h8-11,13,16,26H,3-7H2,1-2H3. The second-order valence-electron chi connectivity index (χ2n) is 6.77. The molecule has 0 saturated heterocycles. The molecule has 3 rings (SSSR count). The molecule has 27 heavy (non-hydrogen) atoms. The fourth-order valence-corrected chi connectivity index (χ4v) is 3.58. The molecule has 2 aromatic rings. The molecule has 0 unspecified atom stereocenters. The Kier molecular flexibility index (Phi) is 5.60. The van der Waals surface area contributed by atoms with Gasteiger partial charge in [-0.2, -0.15) is 5.26 Å². The number of hydrogen-bond acceptors (Lipinski definition) is 5. The highest BCUT2D eigenvalue weighted by Gasteiger charge is 2.24. The van der Waals surface area contributed by atoms with Gasteiger partial charge in [0.25, 0.3) is 5.56 Å². The Morgan fingerprint density at radius 2 is 1.93 bits per heavy atom. The van der Waals surface area contributed by atoms with Gasteiger partial charge in [0.1, 0.15) is 17.4 Å². The van der Waals surface area contributed by atoms with Gasteiger partial charge in [0.2, 0.25) is 5.88 Å². The van der Waals surface area contributed by atoms with Crippen LogP contribution in [0.3, 0.4) is 0 Å². The predicted octanol–water partition coefficient (Wildman–Crippen LogP) is 4.00. The quantitative estimate of drug-likeness (QED) is 0.830. The summed E-state index contributed by atoms with van der Waals surface area (Å²) in [6.07, 6.45) is 6.34. The maximum atomic E-state index is 12.8. The smallest absolute Gasteiger partial charge is 0.271 e. The number of benzene rings is 1. The summed E-state index contributed by atoms with van der Waals surface area (Å²) in [5.41, 5.74) is 1.19. The zero-order valence-electron chi connectivity index (χ0n) is 15.6. The first-order chi connectivity index (χ1) is 13.1. The molecule has 0 spiro atoms. The summed E-state index contributed by atoms with van der Waals surface area (Å²) in [5, 5.41) is 20.3. The SMILES string of the molecule is COc1ccc(N=Cc2c(C)c(C#N)c(=O)n(C3CCCCC3)c2O)cc1. The van der Waals surface area contributed by atoms with Crippen LogP contribution in [0.15, 0.2) is 34.1 Å². The summed E-state index contributed by atoms with van der Waals surface area (Å²) in [4.78, 5) is 17.2. The minimum absolute atomic E-state index is 0.0644. The van der Waals surface area contributed by atoms with Gasteiger partial charge in [0, 0.05) is 12.3 Å². The third-order valence-corrected chi connectivity index (χ3v) is 5.15. The fraction of sp³-hybridized carbons (Fsp3) is 0.381. The molecule has 6 nitrogen and oxygen atoms in total. The van der Waals surface area contributed by atoms with Gasteiger partial charge in [0.15, 0.2) is 0 Å². The zero-order chi connectivity index (χ0) is 19.4. The highest BCUT2D eigenvalue weighted by molar-refractivity contribution is 5.87. The van der Waals surface area contributed by atoms with E-state index in [2.05, 4.69) is 4.99 Å². The molecule has 1 fully saturated rings. The van der Waals surface area contributed by atoms with Crippen molar-refractivity contribution >= 4 is 11.9 Å². The summed E-state index contributed by atoms with van der Waals surface area (Å²) in [7, 11) is 1.59. The second-order valence-corrected chi connectivity index (χ2v) is 6.77. The van der Waals surface area contributed by atoms with Crippen LogP contribution in [-0.2, 0) is 0 Å². The molecule has 0 amide bonds. The number of pyridine rings is 1. The zero-order valence-corrected chi connectivity index (χ0v) is 15.6. The first-order valence-corrected chi connectivity index (χ1v) is 9.13. The maximum Gasteiger partial charge on any atom is 0.271 e. The third kappa shape index (κ3) is 3.72. The minimum atomic E-state index is -0.416. The van der Waals surface area contributed by atoms with E-state index in [4.69, 9.17) is 4.74 Å². The molecular formula is C21H23N3O3. The van der Waals surface area contributed by atoms with Gasteiger partial charge in [-0.05, 0) is 49.6 Å². The Hall–Kier alpha value is -3.07. The van der Waals surface area contributed by atoms with Crippen molar-refractivity contribution in [3.05, 3.63) is 51.3 Å². The number of ether oxygens (including phenoxy) is 1. The summed E-state index contributed by atoms with van der Waals surface area (Å²) < 4.78 is 6.52. The van der Waals surface area contributed by atoms with Crippen molar-refractivity contribution in [3.8, 4) is 17.7 Å². The normalized spacial score (nSPS) is 15.0. The molecule has 1 aliphatic carbocycles. The highest BCUT2D eigenvalue weighted by Crippen LogP contribution is 2.32. The first-order valence-electron chi connectivity index (χ1n) is 9.13. The van der Waals surface area contributed by atoms with Crippen molar-refractivity contribution in [2.75, 3.05) is 7.11 Å². The average Bonchev–Trinajstić information content (AvgIpc) is 2.69. The predicted molar refractivity (Wildman–Crippen MR) is 104 cm³/mol. The molecule has 0 aliphatic heterocycles. The summed E-state index contributed by atoms with van der Waals surface area (Å²) >= 11 is 0. The van der Waals surface area contributed by atoms with Gasteiger partial charge in [-0.15, -0.1) is 0 Å². The van der Waals surface area contributed by atoms with E-state index in [1.807, 2.05) is 6.07 Å². The van der Waals surface area contributed by atoms with Crippen molar-refractivity contribution in [1.82, 2.24) is 4.57 Å². The number of methoxy groups -OCH3 is 1. The van der Waals surface area contributed by atoms with Crippen LogP contribution in [-0.4, -0.2) is 23.0 Å². The highest BCUT2D eigenvalue weighted by atomic mass is 16.5. The summed E-state index contributed by atoms with van der Waals surface area (Å²) in [5.74, 6) is 0.617. The van der Waals surface area contributed by atoms with Crippen molar-refractivity contribution in [3.63, 3.8) is 0 Å². The first kappa shape index (κ1) is 18.7. The number of nitrogens with zero attached hydrogens (tertiary/aromatic N) is 3. The molecule has 0 atom stereocenters. The third-order valence-electron chi connectivity index (χ3n) is 5.15. The second kappa shape index (κ2) is 8.09. The molecule has 140 valence electrons. The number of rotatable bonds is 4. The van der Waals surface area contributed by atoms with E-state index in [0.717, 1.165) is 37.9 Å². The number of nitriles is 1. The molecule has 6 heteroatoms. The Morgan fingerprint density at radius 3 is 2.52 bits per heavy atom. The lowest BCUT2D eigenvalue weighted by Gasteiger charge is -2.26. The Balaban J connectivity index is 2.07. The van der Waals surface area contributed by atoms with E-state index in [-0.39, 0.29) is 17.5 Å². The average molecular weight is 365 g/mol. The van der Waals surface area contributed by atoms with Gasteiger partial charge >= 0.3 is 0 Å². The van der Waals surface area contributed by atoms with Gasteiger partial charge in [-0.3, -0.25) is 14.4 Å². The van der Waals surface area contributed by atoms with E-state index in [1.54, 1.807) is 38.3 Å². The minimum Gasteiger partial charge on any atom is -0.497 e. The number of aromatic hydroxyl groups is 1. The van der Waals surface area contributed by atoms with Crippen LogP contribution in [0.1, 0.15) is 54.8 Å². The van der Waals surface area contributed by atoms with Crippen LogP contribution in [0, 0.1) is 18.3 Å².